The quantitative estimate of drug-likeness (QED) is 0.704. The van der Waals surface area contributed by atoms with Crippen molar-refractivity contribution in [3.05, 3.63) is 18.0 Å². The molecule has 1 saturated carbocycles. The third-order valence-corrected chi connectivity index (χ3v) is 2.51. The maximum Gasteiger partial charge on any atom is 0.0853 e. The van der Waals surface area contributed by atoms with Gasteiger partial charge in [0.2, 0.25) is 0 Å². The van der Waals surface area contributed by atoms with Gasteiger partial charge in [0, 0.05) is 12.7 Å². The number of nitriles is 1. The van der Waals surface area contributed by atoms with Gasteiger partial charge in [-0.1, -0.05) is 0 Å². The minimum Gasteiger partial charge on any atom is -0.268 e. The van der Waals surface area contributed by atoms with Crippen LogP contribution >= 0.6 is 0 Å². The van der Waals surface area contributed by atoms with Crippen LogP contribution < -0.4 is 0 Å². The van der Waals surface area contributed by atoms with Crippen LogP contribution in [0.5, 0.6) is 0 Å². The lowest BCUT2D eigenvalue weighted by atomic mass is 10.1. The lowest BCUT2D eigenvalue weighted by molar-refractivity contribution is 0.535. The second kappa shape index (κ2) is 3.21. The molecular weight excluding hydrogens is 162 g/mol. The molecule has 2 rings (SSSR count). The van der Waals surface area contributed by atoms with Crippen molar-refractivity contribution in [2.75, 3.05) is 0 Å². The van der Waals surface area contributed by atoms with Gasteiger partial charge in [-0.15, -0.1) is 0 Å². The van der Waals surface area contributed by atoms with Crippen LogP contribution in [0.3, 0.4) is 0 Å². The van der Waals surface area contributed by atoms with Crippen LogP contribution in [0.15, 0.2) is 12.3 Å². The first-order chi connectivity index (χ1) is 6.31. The fourth-order valence-electron chi connectivity index (χ4n) is 1.47. The molecule has 0 spiro atoms. The lowest BCUT2D eigenvalue weighted by Crippen LogP contribution is -2.08. The summed E-state index contributed by atoms with van der Waals surface area (Å²) in [6, 6.07) is 4.18. The Hall–Kier alpha value is -1.30. The first-order valence-corrected chi connectivity index (χ1v) is 4.72. The molecule has 1 aromatic heterocycles. The highest BCUT2D eigenvalue weighted by Crippen LogP contribution is 2.31. The average Bonchev–Trinajstić information content (AvgIpc) is 2.82. The number of rotatable bonds is 3. The monoisotopic (exact) mass is 175 g/mol. The van der Waals surface area contributed by atoms with Crippen LogP contribution in [0.1, 0.15) is 31.4 Å². The Morgan fingerprint density at radius 3 is 3.15 bits per heavy atom. The van der Waals surface area contributed by atoms with E-state index in [1.165, 1.54) is 12.8 Å². The molecule has 68 valence electrons. The van der Waals surface area contributed by atoms with E-state index in [-0.39, 0.29) is 5.92 Å². The van der Waals surface area contributed by atoms with Gasteiger partial charge in [0.15, 0.2) is 0 Å². The molecule has 0 radical (unpaired) electrons. The first-order valence-electron chi connectivity index (χ1n) is 4.72. The molecule has 0 aliphatic heterocycles. The van der Waals surface area contributed by atoms with Gasteiger partial charge < -0.3 is 0 Å². The summed E-state index contributed by atoms with van der Waals surface area (Å²) in [7, 11) is 0. The van der Waals surface area contributed by atoms with Crippen molar-refractivity contribution in [3.8, 4) is 6.07 Å². The topological polar surface area (TPSA) is 41.6 Å². The van der Waals surface area contributed by atoms with E-state index < -0.39 is 0 Å². The van der Waals surface area contributed by atoms with Gasteiger partial charge in [0.05, 0.1) is 17.7 Å². The van der Waals surface area contributed by atoms with Crippen LogP contribution in [0.2, 0.25) is 0 Å². The molecule has 0 saturated heterocycles. The number of hydrogen-bond donors (Lipinski definition) is 0. The van der Waals surface area contributed by atoms with E-state index in [9.17, 15) is 0 Å². The summed E-state index contributed by atoms with van der Waals surface area (Å²) in [6.07, 6.45) is 4.42. The van der Waals surface area contributed by atoms with Crippen LogP contribution in [0, 0.1) is 17.2 Å². The molecule has 1 aliphatic rings. The van der Waals surface area contributed by atoms with Gasteiger partial charge in [-0.05, 0) is 31.7 Å². The normalized spacial score (nSPS) is 18.2. The van der Waals surface area contributed by atoms with Gasteiger partial charge in [0.25, 0.3) is 0 Å². The van der Waals surface area contributed by atoms with Crippen molar-refractivity contribution >= 4 is 0 Å². The second-order valence-corrected chi connectivity index (χ2v) is 3.73. The van der Waals surface area contributed by atoms with E-state index in [1.807, 2.05) is 17.7 Å². The molecule has 13 heavy (non-hydrogen) atoms. The van der Waals surface area contributed by atoms with E-state index in [4.69, 9.17) is 5.26 Å². The lowest BCUT2D eigenvalue weighted by Gasteiger charge is -2.07. The molecule has 0 aromatic carbocycles. The average molecular weight is 175 g/mol. The van der Waals surface area contributed by atoms with Crippen molar-refractivity contribution < 1.29 is 0 Å². The summed E-state index contributed by atoms with van der Waals surface area (Å²) in [5.41, 5.74) is 1.05. The Labute approximate surface area is 78.0 Å². The molecule has 0 amide bonds. The molecule has 1 unspecified atom stereocenters. The molecule has 1 fully saturated rings. The van der Waals surface area contributed by atoms with Crippen molar-refractivity contribution in [1.82, 2.24) is 9.78 Å². The zero-order valence-electron chi connectivity index (χ0n) is 7.77. The van der Waals surface area contributed by atoms with Gasteiger partial charge in [-0.3, -0.25) is 4.68 Å². The Balaban J connectivity index is 2.15. The molecule has 3 heteroatoms. The van der Waals surface area contributed by atoms with E-state index in [0.717, 1.165) is 18.2 Å². The maximum absolute atomic E-state index is 8.79. The SMILES string of the molecule is CC(C#N)c1ccnn1CC1CC1. The van der Waals surface area contributed by atoms with Crippen molar-refractivity contribution in [2.45, 2.75) is 32.2 Å². The largest absolute Gasteiger partial charge is 0.268 e. The Kier molecular flexibility index (Phi) is 2.05. The molecule has 1 aliphatic carbocycles. The molecule has 1 atom stereocenters. The standard InChI is InChI=1S/C10H13N3/c1-8(6-11)10-4-5-12-13(10)7-9-2-3-9/h4-5,8-9H,2-3,7H2,1H3. The van der Waals surface area contributed by atoms with E-state index >= 15 is 0 Å². The van der Waals surface area contributed by atoms with E-state index in [2.05, 4.69) is 11.2 Å². The third-order valence-electron chi connectivity index (χ3n) is 2.51. The van der Waals surface area contributed by atoms with Crippen LogP contribution in [-0.2, 0) is 6.54 Å². The summed E-state index contributed by atoms with van der Waals surface area (Å²) < 4.78 is 1.98. The van der Waals surface area contributed by atoms with Gasteiger partial charge in [-0.2, -0.15) is 10.4 Å². The van der Waals surface area contributed by atoms with Crippen LogP contribution in [0.25, 0.3) is 0 Å². The molecule has 0 N–H and O–H groups in total. The van der Waals surface area contributed by atoms with E-state index in [0.29, 0.717) is 0 Å². The number of nitrogens with zero attached hydrogens (tertiary/aromatic N) is 3. The fraction of sp³-hybridized carbons (Fsp3) is 0.600. The van der Waals surface area contributed by atoms with Gasteiger partial charge in [-0.25, -0.2) is 0 Å². The van der Waals surface area contributed by atoms with Crippen molar-refractivity contribution in [2.24, 2.45) is 5.92 Å². The molecule has 0 bridgehead atoms. The predicted octanol–water partition coefficient (Wildman–Crippen LogP) is 1.92. The summed E-state index contributed by atoms with van der Waals surface area (Å²) in [6.45, 7) is 2.91. The summed E-state index contributed by atoms with van der Waals surface area (Å²) in [4.78, 5) is 0. The predicted molar refractivity (Wildman–Crippen MR) is 49.0 cm³/mol. The number of aromatic nitrogens is 2. The Morgan fingerprint density at radius 2 is 2.54 bits per heavy atom. The van der Waals surface area contributed by atoms with Gasteiger partial charge in [0.1, 0.15) is 0 Å². The van der Waals surface area contributed by atoms with Crippen LogP contribution in [-0.4, -0.2) is 9.78 Å². The van der Waals surface area contributed by atoms with Crippen molar-refractivity contribution in [1.29, 1.82) is 5.26 Å². The minimum absolute atomic E-state index is 0.0405. The minimum atomic E-state index is -0.0405. The Morgan fingerprint density at radius 1 is 1.77 bits per heavy atom. The highest BCUT2D eigenvalue weighted by atomic mass is 15.3. The summed E-state index contributed by atoms with van der Waals surface area (Å²) in [5.74, 6) is 0.769. The first kappa shape index (κ1) is 8.31. The smallest absolute Gasteiger partial charge is 0.0853 e. The van der Waals surface area contributed by atoms with Crippen molar-refractivity contribution in [3.63, 3.8) is 0 Å². The Bertz CT molecular complexity index is 330. The van der Waals surface area contributed by atoms with E-state index in [1.54, 1.807) is 6.20 Å². The fourth-order valence-corrected chi connectivity index (χ4v) is 1.47. The zero-order chi connectivity index (χ0) is 9.26. The summed E-state index contributed by atoms with van der Waals surface area (Å²) in [5, 5.41) is 13.0. The zero-order valence-corrected chi connectivity index (χ0v) is 7.77. The molecule has 1 aromatic rings. The molecular formula is C10H13N3. The third kappa shape index (κ3) is 1.72. The maximum atomic E-state index is 8.79. The number of hydrogen-bond acceptors (Lipinski definition) is 2. The summed E-state index contributed by atoms with van der Waals surface area (Å²) >= 11 is 0. The van der Waals surface area contributed by atoms with Gasteiger partial charge >= 0.3 is 0 Å². The molecule has 3 nitrogen and oxygen atoms in total. The highest BCUT2D eigenvalue weighted by Gasteiger charge is 2.23. The second-order valence-electron chi connectivity index (χ2n) is 3.73. The molecule has 1 heterocycles. The highest BCUT2D eigenvalue weighted by molar-refractivity contribution is 5.14. The van der Waals surface area contributed by atoms with Crippen LogP contribution in [0.4, 0.5) is 0 Å².